The van der Waals surface area contributed by atoms with E-state index in [0.717, 1.165) is 22.6 Å². The summed E-state index contributed by atoms with van der Waals surface area (Å²) in [6.45, 7) is 2.47. The molecule has 0 aliphatic rings. The van der Waals surface area contributed by atoms with E-state index in [-0.39, 0.29) is 11.7 Å². The molecule has 9 heteroatoms. The van der Waals surface area contributed by atoms with Crippen molar-refractivity contribution in [2.24, 2.45) is 5.10 Å². The quantitative estimate of drug-likeness (QED) is 0.200. The maximum atomic E-state index is 12.5. The number of ether oxygens (including phenoxy) is 2. The van der Waals surface area contributed by atoms with Crippen LogP contribution in [0.2, 0.25) is 0 Å². The number of hydrogen-bond donors (Lipinski definition) is 1. The van der Waals surface area contributed by atoms with Gasteiger partial charge in [0.05, 0.1) is 25.7 Å². The molecule has 0 saturated carbocycles. The molecule has 4 aromatic rings. The molecule has 35 heavy (non-hydrogen) atoms. The van der Waals surface area contributed by atoms with Gasteiger partial charge in [-0.2, -0.15) is 5.10 Å². The van der Waals surface area contributed by atoms with Crippen molar-refractivity contribution in [2.75, 3.05) is 19.5 Å². The van der Waals surface area contributed by atoms with Gasteiger partial charge in [-0.3, -0.25) is 9.36 Å². The molecule has 0 saturated heterocycles. The van der Waals surface area contributed by atoms with Gasteiger partial charge in [-0.1, -0.05) is 54.2 Å². The van der Waals surface area contributed by atoms with E-state index in [1.165, 1.54) is 11.8 Å². The third-order valence-electron chi connectivity index (χ3n) is 4.94. The Labute approximate surface area is 208 Å². The predicted molar refractivity (Wildman–Crippen MR) is 137 cm³/mol. The highest BCUT2D eigenvalue weighted by Crippen LogP contribution is 2.28. The van der Waals surface area contributed by atoms with Crippen molar-refractivity contribution < 1.29 is 14.3 Å². The number of nitrogens with zero attached hydrogens (tertiary/aromatic N) is 4. The number of hydrogen-bond acceptors (Lipinski definition) is 7. The minimum Gasteiger partial charge on any atom is -0.497 e. The van der Waals surface area contributed by atoms with Gasteiger partial charge in [0.25, 0.3) is 5.91 Å². The third kappa shape index (κ3) is 6.07. The summed E-state index contributed by atoms with van der Waals surface area (Å²) in [5.74, 6) is 2.01. The molecule has 1 amide bonds. The van der Waals surface area contributed by atoms with Crippen molar-refractivity contribution in [1.29, 1.82) is 0 Å². The first-order chi connectivity index (χ1) is 17.2. The molecule has 1 aromatic heterocycles. The fraction of sp³-hybridized carbons (Fsp3) is 0.154. The van der Waals surface area contributed by atoms with Gasteiger partial charge in [-0.25, -0.2) is 5.43 Å². The number of carbonyl (C=O) groups is 1. The zero-order valence-electron chi connectivity index (χ0n) is 19.4. The summed E-state index contributed by atoms with van der Waals surface area (Å²) >= 11 is 1.28. The fourth-order valence-electron chi connectivity index (χ4n) is 3.31. The SMILES string of the molecule is CCOc1ccccc1/C=N\NC(=O)CSc1nnc(-c2ccccc2)n1-c1ccc(OC)cc1. The molecule has 0 aliphatic carbocycles. The molecule has 0 aliphatic heterocycles. The second-order valence-electron chi connectivity index (χ2n) is 7.26. The first-order valence-corrected chi connectivity index (χ1v) is 12.0. The van der Waals surface area contributed by atoms with Crippen LogP contribution in [0.4, 0.5) is 0 Å². The van der Waals surface area contributed by atoms with Gasteiger partial charge in [0.2, 0.25) is 0 Å². The number of hydrazone groups is 1. The Morgan fingerprint density at radius 2 is 1.77 bits per heavy atom. The first kappa shape index (κ1) is 24.0. The van der Waals surface area contributed by atoms with E-state index in [1.54, 1.807) is 13.3 Å². The van der Waals surface area contributed by atoms with E-state index in [4.69, 9.17) is 9.47 Å². The minimum absolute atomic E-state index is 0.119. The summed E-state index contributed by atoms with van der Waals surface area (Å²) in [7, 11) is 1.63. The van der Waals surface area contributed by atoms with Crippen LogP contribution in [-0.4, -0.2) is 46.4 Å². The fourth-order valence-corrected chi connectivity index (χ4v) is 4.06. The maximum absolute atomic E-state index is 12.5. The average Bonchev–Trinajstić information content (AvgIpc) is 3.33. The number of aromatic nitrogens is 3. The molecule has 178 valence electrons. The van der Waals surface area contributed by atoms with Crippen molar-refractivity contribution in [3.8, 4) is 28.6 Å². The van der Waals surface area contributed by atoms with Crippen molar-refractivity contribution in [3.63, 3.8) is 0 Å². The highest BCUT2D eigenvalue weighted by atomic mass is 32.2. The zero-order valence-corrected chi connectivity index (χ0v) is 20.2. The Morgan fingerprint density at radius 1 is 1.03 bits per heavy atom. The number of benzene rings is 3. The lowest BCUT2D eigenvalue weighted by Gasteiger charge is -2.11. The molecule has 3 aromatic carbocycles. The summed E-state index contributed by atoms with van der Waals surface area (Å²) in [4.78, 5) is 12.5. The monoisotopic (exact) mass is 487 g/mol. The number of rotatable bonds is 10. The van der Waals surface area contributed by atoms with Gasteiger partial charge >= 0.3 is 0 Å². The number of amides is 1. The van der Waals surface area contributed by atoms with E-state index in [1.807, 2.05) is 90.4 Å². The molecule has 0 atom stereocenters. The van der Waals surface area contributed by atoms with Crippen molar-refractivity contribution in [2.45, 2.75) is 12.1 Å². The lowest BCUT2D eigenvalue weighted by atomic mass is 10.2. The Morgan fingerprint density at radius 3 is 2.51 bits per heavy atom. The van der Waals surface area contributed by atoms with Crippen molar-refractivity contribution in [1.82, 2.24) is 20.2 Å². The third-order valence-corrected chi connectivity index (χ3v) is 5.87. The van der Waals surface area contributed by atoms with Crippen LogP contribution < -0.4 is 14.9 Å². The normalized spacial score (nSPS) is 10.9. The number of thioether (sulfide) groups is 1. The van der Waals surface area contributed by atoms with E-state index in [9.17, 15) is 4.79 Å². The number of carbonyl (C=O) groups excluding carboxylic acids is 1. The lowest BCUT2D eigenvalue weighted by Crippen LogP contribution is -2.20. The van der Waals surface area contributed by atoms with Crippen LogP contribution in [0.5, 0.6) is 11.5 Å². The minimum atomic E-state index is -0.259. The summed E-state index contributed by atoms with van der Waals surface area (Å²) in [5, 5.41) is 13.4. The van der Waals surface area contributed by atoms with Crippen molar-refractivity contribution in [3.05, 3.63) is 84.4 Å². The van der Waals surface area contributed by atoms with Gasteiger partial charge in [0, 0.05) is 16.8 Å². The van der Waals surface area contributed by atoms with Crippen LogP contribution in [0.3, 0.4) is 0 Å². The van der Waals surface area contributed by atoms with Crippen molar-refractivity contribution >= 4 is 23.9 Å². The van der Waals surface area contributed by atoms with Gasteiger partial charge < -0.3 is 9.47 Å². The molecule has 0 unspecified atom stereocenters. The van der Waals surface area contributed by atoms with Crippen LogP contribution in [-0.2, 0) is 4.79 Å². The maximum Gasteiger partial charge on any atom is 0.250 e. The van der Waals surface area contributed by atoms with E-state index < -0.39 is 0 Å². The summed E-state index contributed by atoms with van der Waals surface area (Å²) in [5.41, 5.74) is 5.13. The van der Waals surface area contributed by atoms with E-state index in [2.05, 4.69) is 20.7 Å². The zero-order chi connectivity index (χ0) is 24.5. The van der Waals surface area contributed by atoms with Gasteiger partial charge in [-0.15, -0.1) is 10.2 Å². The Hall–Kier alpha value is -4.11. The summed E-state index contributed by atoms with van der Waals surface area (Å²) in [6, 6.07) is 24.9. The molecule has 0 fully saturated rings. The molecule has 1 heterocycles. The summed E-state index contributed by atoms with van der Waals surface area (Å²) in [6.07, 6.45) is 1.57. The Balaban J connectivity index is 1.49. The predicted octanol–water partition coefficient (Wildman–Crippen LogP) is 4.58. The van der Waals surface area contributed by atoms with Gasteiger partial charge in [0.1, 0.15) is 11.5 Å². The van der Waals surface area contributed by atoms with Crippen LogP contribution in [0.1, 0.15) is 12.5 Å². The molecule has 0 bridgehead atoms. The standard InChI is InChI=1S/C26H25N5O3S/c1-3-34-23-12-8-7-11-20(23)17-27-28-24(32)18-35-26-30-29-25(19-9-5-4-6-10-19)31(26)21-13-15-22(33-2)16-14-21/h4-17H,3,18H2,1-2H3,(H,28,32)/b27-17-. The van der Waals surface area contributed by atoms with Crippen LogP contribution in [0, 0.1) is 0 Å². The van der Waals surface area contributed by atoms with Gasteiger partial charge in [-0.05, 0) is 43.3 Å². The molecule has 8 nitrogen and oxygen atoms in total. The highest BCUT2D eigenvalue weighted by molar-refractivity contribution is 7.99. The topological polar surface area (TPSA) is 90.6 Å². The number of nitrogens with one attached hydrogen (secondary N) is 1. The molecule has 4 rings (SSSR count). The lowest BCUT2D eigenvalue weighted by molar-refractivity contribution is -0.118. The molecule has 0 radical (unpaired) electrons. The van der Waals surface area contributed by atoms with Gasteiger partial charge in [0.15, 0.2) is 11.0 Å². The molecular formula is C26H25N5O3S. The number of methoxy groups -OCH3 is 1. The highest BCUT2D eigenvalue weighted by Gasteiger charge is 2.17. The first-order valence-electron chi connectivity index (χ1n) is 11.0. The van der Waals surface area contributed by atoms with Crippen LogP contribution >= 0.6 is 11.8 Å². The Bertz CT molecular complexity index is 1290. The average molecular weight is 488 g/mol. The molecule has 0 spiro atoms. The second kappa shape index (κ2) is 11.8. The van der Waals surface area contributed by atoms with Crippen LogP contribution in [0.15, 0.2) is 89.1 Å². The molecule has 1 N–H and O–H groups in total. The van der Waals surface area contributed by atoms with E-state index in [0.29, 0.717) is 23.3 Å². The smallest absolute Gasteiger partial charge is 0.250 e. The summed E-state index contributed by atoms with van der Waals surface area (Å²) < 4.78 is 12.8. The Kier molecular flexibility index (Phi) is 8.13. The van der Waals surface area contributed by atoms with E-state index >= 15 is 0 Å². The van der Waals surface area contributed by atoms with Crippen LogP contribution in [0.25, 0.3) is 17.1 Å². The molecular weight excluding hydrogens is 462 g/mol. The largest absolute Gasteiger partial charge is 0.497 e. The number of para-hydroxylation sites is 1. The second-order valence-corrected chi connectivity index (χ2v) is 8.20.